The molecule has 2 saturated heterocycles. The Morgan fingerprint density at radius 2 is 2.38 bits per heavy atom. The highest BCUT2D eigenvalue weighted by molar-refractivity contribution is 5.85. The number of esters is 1. The Kier molecular flexibility index (Phi) is 2.85. The maximum Gasteiger partial charge on any atom is 0.326 e. The summed E-state index contributed by atoms with van der Waals surface area (Å²) < 4.78 is 4.69. The lowest BCUT2D eigenvalue weighted by Crippen LogP contribution is -2.45. The highest BCUT2D eigenvalue weighted by Gasteiger charge is 2.55. The molecule has 2 aliphatic heterocycles. The lowest BCUT2D eigenvalue weighted by Gasteiger charge is -2.23. The molecule has 0 aromatic rings. The van der Waals surface area contributed by atoms with Crippen molar-refractivity contribution < 1.29 is 14.6 Å². The minimum absolute atomic E-state index is 0. The number of fused-ring (bicyclic) bond motifs is 2. The first-order chi connectivity index (χ1) is 5.68. The second-order valence-electron chi connectivity index (χ2n) is 3.63. The fourth-order valence-corrected chi connectivity index (χ4v) is 2.29. The molecule has 2 heterocycles. The Morgan fingerprint density at radius 3 is 2.77 bits per heavy atom. The van der Waals surface area contributed by atoms with Gasteiger partial charge in [0.1, 0.15) is 5.54 Å². The molecule has 2 rings (SSSR count). The number of methoxy groups -OCH3 is 1. The zero-order valence-electron chi connectivity index (χ0n) is 7.45. The van der Waals surface area contributed by atoms with Gasteiger partial charge in [0.25, 0.3) is 0 Å². The quantitative estimate of drug-likeness (QED) is 0.587. The predicted molar refractivity (Wildman–Crippen MR) is 48.8 cm³/mol. The first-order valence-corrected chi connectivity index (χ1v) is 4.22. The van der Waals surface area contributed by atoms with E-state index in [9.17, 15) is 9.90 Å². The summed E-state index contributed by atoms with van der Waals surface area (Å²) in [5.41, 5.74) is -0.571. The predicted octanol–water partition coefficient (Wildman–Crippen LogP) is -0.163. The van der Waals surface area contributed by atoms with Gasteiger partial charge in [0.2, 0.25) is 0 Å². The van der Waals surface area contributed by atoms with Crippen LogP contribution in [0.2, 0.25) is 0 Å². The monoisotopic (exact) mass is 207 g/mol. The summed E-state index contributed by atoms with van der Waals surface area (Å²) in [6, 6.07) is 0.101. The van der Waals surface area contributed by atoms with Crippen LogP contribution in [-0.4, -0.2) is 35.9 Å². The lowest BCUT2D eigenvalue weighted by atomic mass is 9.86. The Hall–Kier alpha value is -0.320. The van der Waals surface area contributed by atoms with Crippen molar-refractivity contribution >= 4 is 18.4 Å². The van der Waals surface area contributed by atoms with E-state index in [4.69, 9.17) is 4.74 Å². The number of carbonyl (C=O) groups is 1. The molecule has 5 heteroatoms. The van der Waals surface area contributed by atoms with Crippen LogP contribution in [0, 0.1) is 0 Å². The molecule has 0 saturated carbocycles. The average molecular weight is 208 g/mol. The topological polar surface area (TPSA) is 58.6 Å². The van der Waals surface area contributed by atoms with E-state index >= 15 is 0 Å². The highest BCUT2D eigenvalue weighted by atomic mass is 35.5. The molecule has 13 heavy (non-hydrogen) atoms. The molecule has 76 valence electrons. The van der Waals surface area contributed by atoms with E-state index in [1.165, 1.54) is 7.11 Å². The van der Waals surface area contributed by atoms with Crippen LogP contribution in [0.15, 0.2) is 0 Å². The number of halogens is 1. The van der Waals surface area contributed by atoms with Crippen LogP contribution in [0.3, 0.4) is 0 Å². The van der Waals surface area contributed by atoms with Crippen LogP contribution < -0.4 is 5.32 Å². The van der Waals surface area contributed by atoms with E-state index in [0.29, 0.717) is 6.42 Å². The maximum absolute atomic E-state index is 11.3. The number of hydrogen-bond acceptors (Lipinski definition) is 4. The summed E-state index contributed by atoms with van der Waals surface area (Å²) in [4.78, 5) is 11.3. The van der Waals surface area contributed by atoms with Crippen molar-refractivity contribution in [2.75, 3.05) is 7.11 Å². The van der Waals surface area contributed by atoms with Crippen LogP contribution >= 0.6 is 12.4 Å². The van der Waals surface area contributed by atoms with Gasteiger partial charge in [-0.3, -0.25) is 10.1 Å². The van der Waals surface area contributed by atoms with E-state index in [1.807, 2.05) is 0 Å². The van der Waals surface area contributed by atoms with Gasteiger partial charge in [-0.15, -0.1) is 12.4 Å². The molecular weight excluding hydrogens is 194 g/mol. The number of hydrogen-bond donors (Lipinski definition) is 2. The molecule has 0 aliphatic carbocycles. The standard InChI is InChI=1S/C8H13NO3.ClH/c1-12-7(11)8-3-2-5(9-8)6(10)4-8;/h5-6,9-10H,2-4H2,1H3;1H/t5-,6-,8-;/m1./s1. The summed E-state index contributed by atoms with van der Waals surface area (Å²) >= 11 is 0. The zero-order chi connectivity index (χ0) is 8.77. The van der Waals surface area contributed by atoms with Crippen molar-refractivity contribution in [3.05, 3.63) is 0 Å². The number of rotatable bonds is 1. The third-order valence-corrected chi connectivity index (χ3v) is 2.94. The molecule has 2 N–H and O–H groups in total. The van der Waals surface area contributed by atoms with Crippen molar-refractivity contribution in [1.29, 1.82) is 0 Å². The zero-order valence-corrected chi connectivity index (χ0v) is 8.26. The maximum atomic E-state index is 11.3. The molecule has 3 atom stereocenters. The van der Waals surface area contributed by atoms with Gasteiger partial charge in [-0.1, -0.05) is 0 Å². The van der Waals surface area contributed by atoms with Crippen molar-refractivity contribution in [2.24, 2.45) is 0 Å². The fourth-order valence-electron chi connectivity index (χ4n) is 2.29. The minimum atomic E-state index is -0.571. The number of nitrogens with one attached hydrogen (secondary N) is 1. The fraction of sp³-hybridized carbons (Fsp3) is 0.875. The van der Waals surface area contributed by atoms with Gasteiger partial charge in [0.05, 0.1) is 13.2 Å². The molecular formula is C8H14ClNO3. The molecule has 0 aromatic heterocycles. The molecule has 2 fully saturated rings. The SMILES string of the molecule is COC(=O)[C@]12CC[C@@H](N1)[C@H](O)C2.Cl. The second kappa shape index (κ2) is 3.44. The van der Waals surface area contributed by atoms with Crippen LogP contribution in [0.4, 0.5) is 0 Å². The van der Waals surface area contributed by atoms with E-state index in [1.54, 1.807) is 0 Å². The van der Waals surface area contributed by atoms with Gasteiger partial charge in [-0.05, 0) is 12.8 Å². The smallest absolute Gasteiger partial charge is 0.326 e. The molecule has 0 spiro atoms. The summed E-state index contributed by atoms with van der Waals surface area (Å²) in [5.74, 6) is -0.235. The van der Waals surface area contributed by atoms with E-state index in [-0.39, 0.29) is 30.5 Å². The van der Waals surface area contributed by atoms with Gasteiger partial charge in [-0.25, -0.2) is 0 Å². The van der Waals surface area contributed by atoms with Crippen molar-refractivity contribution in [2.45, 2.75) is 36.9 Å². The Bertz CT molecular complexity index is 219. The molecule has 4 nitrogen and oxygen atoms in total. The van der Waals surface area contributed by atoms with E-state index in [2.05, 4.69) is 5.32 Å². The van der Waals surface area contributed by atoms with E-state index in [0.717, 1.165) is 12.8 Å². The molecule has 0 amide bonds. The molecule has 2 aliphatic rings. The van der Waals surface area contributed by atoms with Crippen LogP contribution in [0.25, 0.3) is 0 Å². The third-order valence-electron chi connectivity index (χ3n) is 2.94. The first kappa shape index (κ1) is 10.8. The summed E-state index contributed by atoms with van der Waals surface area (Å²) in [7, 11) is 1.39. The van der Waals surface area contributed by atoms with Crippen LogP contribution in [-0.2, 0) is 9.53 Å². The van der Waals surface area contributed by atoms with E-state index < -0.39 is 5.54 Å². The van der Waals surface area contributed by atoms with Gasteiger partial charge in [0, 0.05) is 12.5 Å². The van der Waals surface area contributed by atoms with Crippen molar-refractivity contribution in [3.63, 3.8) is 0 Å². The number of aliphatic hydroxyl groups is 1. The highest BCUT2D eigenvalue weighted by Crippen LogP contribution is 2.38. The summed E-state index contributed by atoms with van der Waals surface area (Å²) in [6.45, 7) is 0. The minimum Gasteiger partial charge on any atom is -0.468 e. The van der Waals surface area contributed by atoms with Gasteiger partial charge >= 0.3 is 5.97 Å². The molecule has 0 aromatic carbocycles. The third kappa shape index (κ3) is 1.43. The number of aliphatic hydroxyl groups excluding tert-OH is 1. The second-order valence-corrected chi connectivity index (χ2v) is 3.63. The van der Waals surface area contributed by atoms with Crippen LogP contribution in [0.5, 0.6) is 0 Å². The molecule has 2 bridgehead atoms. The molecule has 0 unspecified atom stereocenters. The van der Waals surface area contributed by atoms with Crippen LogP contribution in [0.1, 0.15) is 19.3 Å². The number of ether oxygens (including phenoxy) is 1. The first-order valence-electron chi connectivity index (χ1n) is 4.22. The average Bonchev–Trinajstić information content (AvgIpc) is 2.60. The lowest BCUT2D eigenvalue weighted by molar-refractivity contribution is -0.148. The van der Waals surface area contributed by atoms with Gasteiger partial charge in [0.15, 0.2) is 0 Å². The normalized spacial score (nSPS) is 41.4. The van der Waals surface area contributed by atoms with Gasteiger partial charge in [-0.2, -0.15) is 0 Å². The largest absolute Gasteiger partial charge is 0.468 e. The van der Waals surface area contributed by atoms with Crippen molar-refractivity contribution in [3.8, 4) is 0 Å². The Labute approximate surface area is 83.1 Å². The van der Waals surface area contributed by atoms with Gasteiger partial charge < -0.3 is 9.84 Å². The van der Waals surface area contributed by atoms with Crippen molar-refractivity contribution in [1.82, 2.24) is 5.32 Å². The molecule has 0 radical (unpaired) electrons. The summed E-state index contributed by atoms with van der Waals surface area (Å²) in [6.07, 6.45) is 1.79. The summed E-state index contributed by atoms with van der Waals surface area (Å²) in [5, 5.41) is 12.6. The Morgan fingerprint density at radius 1 is 1.69 bits per heavy atom. The number of carbonyl (C=O) groups excluding carboxylic acids is 1. The Balaban J connectivity index is 0.000000845.